The molecule has 0 spiro atoms. The van der Waals surface area contributed by atoms with Gasteiger partial charge in [-0.15, -0.1) is 0 Å². The van der Waals surface area contributed by atoms with Gasteiger partial charge in [0.15, 0.2) is 0 Å². The van der Waals surface area contributed by atoms with Gasteiger partial charge in [-0.3, -0.25) is 4.90 Å². The van der Waals surface area contributed by atoms with Crippen molar-refractivity contribution in [3.8, 4) is 0 Å². The zero-order valence-electron chi connectivity index (χ0n) is 9.75. The van der Waals surface area contributed by atoms with Crippen molar-refractivity contribution in [1.82, 2.24) is 10.2 Å². The minimum Gasteiger partial charge on any atom is -0.314 e. The van der Waals surface area contributed by atoms with Gasteiger partial charge in [-0.1, -0.05) is 41.1 Å². The van der Waals surface area contributed by atoms with Crippen molar-refractivity contribution in [3.63, 3.8) is 0 Å². The minimum absolute atomic E-state index is 0.553. The summed E-state index contributed by atoms with van der Waals surface area (Å²) in [7, 11) is 0. The van der Waals surface area contributed by atoms with Crippen molar-refractivity contribution in [2.45, 2.75) is 19.4 Å². The van der Waals surface area contributed by atoms with Gasteiger partial charge in [0.25, 0.3) is 0 Å². The van der Waals surface area contributed by atoms with Crippen molar-refractivity contribution < 1.29 is 0 Å². The molecular weight excluding hydrogens is 264 g/mol. The standard InChI is InChI=1S/C13H19BrN2/c1-2-13(16-9-7-15-8-10-16)11-5-3-4-6-12(11)14/h3-6,13,15H,2,7-10H2,1H3/t13-/m1/s1. The van der Waals surface area contributed by atoms with E-state index < -0.39 is 0 Å². The number of piperazine rings is 1. The number of benzene rings is 1. The first-order chi connectivity index (χ1) is 7.83. The number of halogens is 1. The van der Waals surface area contributed by atoms with E-state index in [1.54, 1.807) is 0 Å². The number of nitrogens with one attached hydrogen (secondary N) is 1. The Morgan fingerprint density at radius 2 is 2.00 bits per heavy atom. The Morgan fingerprint density at radius 1 is 1.31 bits per heavy atom. The van der Waals surface area contributed by atoms with Crippen molar-refractivity contribution in [2.75, 3.05) is 26.2 Å². The van der Waals surface area contributed by atoms with Gasteiger partial charge in [0.2, 0.25) is 0 Å². The average molecular weight is 283 g/mol. The molecule has 16 heavy (non-hydrogen) atoms. The predicted molar refractivity (Wildman–Crippen MR) is 71.6 cm³/mol. The summed E-state index contributed by atoms with van der Waals surface area (Å²) in [5.41, 5.74) is 1.42. The van der Waals surface area contributed by atoms with Crippen LogP contribution in [0.5, 0.6) is 0 Å². The SMILES string of the molecule is CC[C@H](c1ccccc1Br)N1CCNCC1. The molecule has 1 fully saturated rings. The summed E-state index contributed by atoms with van der Waals surface area (Å²) < 4.78 is 1.24. The Labute approximate surface area is 106 Å². The summed E-state index contributed by atoms with van der Waals surface area (Å²) in [4.78, 5) is 2.58. The second-order valence-electron chi connectivity index (χ2n) is 4.23. The van der Waals surface area contributed by atoms with E-state index >= 15 is 0 Å². The monoisotopic (exact) mass is 282 g/mol. The molecule has 1 aliphatic heterocycles. The van der Waals surface area contributed by atoms with Crippen LogP contribution in [0.1, 0.15) is 24.9 Å². The lowest BCUT2D eigenvalue weighted by atomic mass is 10.0. The van der Waals surface area contributed by atoms with Crippen LogP contribution < -0.4 is 5.32 Å². The van der Waals surface area contributed by atoms with Crippen LogP contribution in [0.4, 0.5) is 0 Å². The number of rotatable bonds is 3. The second-order valence-corrected chi connectivity index (χ2v) is 5.09. The number of hydrogen-bond donors (Lipinski definition) is 1. The normalized spacial score (nSPS) is 19.6. The third-order valence-corrected chi connectivity index (χ3v) is 3.97. The third kappa shape index (κ3) is 2.65. The van der Waals surface area contributed by atoms with E-state index in [0.717, 1.165) is 26.2 Å². The lowest BCUT2D eigenvalue weighted by Crippen LogP contribution is -2.45. The van der Waals surface area contributed by atoms with Gasteiger partial charge in [0.05, 0.1) is 0 Å². The Bertz CT molecular complexity index is 334. The molecule has 88 valence electrons. The summed E-state index contributed by atoms with van der Waals surface area (Å²) in [6.07, 6.45) is 1.17. The maximum atomic E-state index is 3.66. The molecule has 1 aromatic carbocycles. The maximum absolute atomic E-state index is 3.66. The van der Waals surface area contributed by atoms with Crippen LogP contribution in [-0.2, 0) is 0 Å². The van der Waals surface area contributed by atoms with Crippen molar-refractivity contribution >= 4 is 15.9 Å². The van der Waals surface area contributed by atoms with E-state index in [1.165, 1.54) is 16.5 Å². The molecule has 1 N–H and O–H groups in total. The zero-order chi connectivity index (χ0) is 11.4. The highest BCUT2D eigenvalue weighted by Crippen LogP contribution is 2.30. The van der Waals surface area contributed by atoms with Crippen LogP contribution in [0.15, 0.2) is 28.7 Å². The van der Waals surface area contributed by atoms with Gasteiger partial charge >= 0.3 is 0 Å². The fourth-order valence-electron chi connectivity index (χ4n) is 2.41. The summed E-state index contributed by atoms with van der Waals surface area (Å²) in [6, 6.07) is 9.14. The fraction of sp³-hybridized carbons (Fsp3) is 0.538. The summed E-state index contributed by atoms with van der Waals surface area (Å²) in [5, 5.41) is 3.41. The van der Waals surface area contributed by atoms with Crippen molar-refractivity contribution in [2.24, 2.45) is 0 Å². The molecular formula is C13H19BrN2. The van der Waals surface area contributed by atoms with Crippen molar-refractivity contribution in [3.05, 3.63) is 34.3 Å². The summed E-state index contributed by atoms with van der Waals surface area (Å²) >= 11 is 3.66. The molecule has 3 heteroatoms. The average Bonchev–Trinajstić information content (AvgIpc) is 2.34. The number of hydrogen-bond acceptors (Lipinski definition) is 2. The predicted octanol–water partition coefficient (Wildman–Crippen LogP) is 2.81. The van der Waals surface area contributed by atoms with Crippen LogP contribution in [0.25, 0.3) is 0 Å². The molecule has 2 rings (SSSR count). The van der Waals surface area contributed by atoms with E-state index in [2.05, 4.69) is 57.3 Å². The van der Waals surface area contributed by atoms with Crippen LogP contribution in [0, 0.1) is 0 Å². The van der Waals surface area contributed by atoms with Crippen LogP contribution in [-0.4, -0.2) is 31.1 Å². The molecule has 2 nitrogen and oxygen atoms in total. The Morgan fingerprint density at radius 3 is 2.62 bits per heavy atom. The molecule has 1 heterocycles. The largest absolute Gasteiger partial charge is 0.314 e. The van der Waals surface area contributed by atoms with E-state index in [-0.39, 0.29) is 0 Å². The molecule has 0 amide bonds. The highest BCUT2D eigenvalue weighted by atomic mass is 79.9. The molecule has 1 aromatic rings. The Kier molecular flexibility index (Phi) is 4.38. The maximum Gasteiger partial charge on any atom is 0.0357 e. The van der Waals surface area contributed by atoms with Crippen LogP contribution >= 0.6 is 15.9 Å². The highest BCUT2D eigenvalue weighted by molar-refractivity contribution is 9.10. The van der Waals surface area contributed by atoms with Gasteiger partial charge < -0.3 is 5.32 Å². The van der Waals surface area contributed by atoms with Gasteiger partial charge in [-0.25, -0.2) is 0 Å². The lowest BCUT2D eigenvalue weighted by molar-refractivity contribution is 0.169. The van der Waals surface area contributed by atoms with Gasteiger partial charge in [-0.05, 0) is 18.1 Å². The lowest BCUT2D eigenvalue weighted by Gasteiger charge is -2.35. The van der Waals surface area contributed by atoms with E-state index in [9.17, 15) is 0 Å². The molecule has 1 aliphatic rings. The van der Waals surface area contributed by atoms with Gasteiger partial charge in [0, 0.05) is 36.7 Å². The molecule has 0 bridgehead atoms. The second kappa shape index (κ2) is 5.80. The molecule has 1 saturated heterocycles. The molecule has 0 aliphatic carbocycles. The first kappa shape index (κ1) is 12.1. The van der Waals surface area contributed by atoms with Gasteiger partial charge in [0.1, 0.15) is 0 Å². The summed E-state index contributed by atoms with van der Waals surface area (Å²) in [6.45, 7) is 6.80. The number of nitrogens with zero attached hydrogens (tertiary/aromatic N) is 1. The first-order valence-corrected chi connectivity index (χ1v) is 6.81. The van der Waals surface area contributed by atoms with Crippen LogP contribution in [0.2, 0.25) is 0 Å². The summed E-state index contributed by atoms with van der Waals surface area (Å²) in [5.74, 6) is 0. The Balaban J connectivity index is 2.18. The molecule has 0 saturated carbocycles. The topological polar surface area (TPSA) is 15.3 Å². The smallest absolute Gasteiger partial charge is 0.0357 e. The highest BCUT2D eigenvalue weighted by Gasteiger charge is 2.21. The first-order valence-electron chi connectivity index (χ1n) is 6.02. The van der Waals surface area contributed by atoms with Crippen LogP contribution in [0.3, 0.4) is 0 Å². The van der Waals surface area contributed by atoms with Crippen molar-refractivity contribution in [1.29, 1.82) is 0 Å². The molecule has 1 atom stereocenters. The minimum atomic E-state index is 0.553. The zero-order valence-corrected chi connectivity index (χ0v) is 11.3. The van der Waals surface area contributed by atoms with Gasteiger partial charge in [-0.2, -0.15) is 0 Å². The van der Waals surface area contributed by atoms with E-state index in [0.29, 0.717) is 6.04 Å². The Hall–Kier alpha value is -0.380. The van der Waals surface area contributed by atoms with E-state index in [4.69, 9.17) is 0 Å². The molecule has 0 aromatic heterocycles. The third-order valence-electron chi connectivity index (χ3n) is 3.24. The van der Waals surface area contributed by atoms with E-state index in [1.807, 2.05) is 0 Å². The molecule has 0 unspecified atom stereocenters. The quantitative estimate of drug-likeness (QED) is 0.917. The molecule has 0 radical (unpaired) electrons. The fourth-order valence-corrected chi connectivity index (χ4v) is 2.96.